The van der Waals surface area contributed by atoms with Crippen molar-refractivity contribution in [3.05, 3.63) is 89.7 Å². The zero-order valence-corrected chi connectivity index (χ0v) is 14.8. The zero-order chi connectivity index (χ0) is 18.1. The molecule has 0 bridgehead atoms. The van der Waals surface area contributed by atoms with E-state index in [9.17, 15) is 4.79 Å². The highest BCUT2D eigenvalue weighted by Crippen LogP contribution is 2.45. The van der Waals surface area contributed by atoms with Crippen LogP contribution in [0.5, 0.6) is 5.75 Å². The number of methoxy groups -OCH3 is 1. The summed E-state index contributed by atoms with van der Waals surface area (Å²) >= 11 is 0. The number of hydrogen-bond acceptors (Lipinski definition) is 3. The van der Waals surface area contributed by atoms with E-state index in [1.807, 2.05) is 47.4 Å². The number of pyridine rings is 1. The molecule has 4 heteroatoms. The maximum atomic E-state index is 13.1. The van der Waals surface area contributed by atoms with E-state index >= 15 is 0 Å². The van der Waals surface area contributed by atoms with Gasteiger partial charge in [0.2, 0.25) is 0 Å². The van der Waals surface area contributed by atoms with Crippen molar-refractivity contribution in [2.45, 2.75) is 12.3 Å². The number of benzene rings is 2. The van der Waals surface area contributed by atoms with Crippen molar-refractivity contribution >= 4 is 11.6 Å². The fourth-order valence-electron chi connectivity index (χ4n) is 3.68. The van der Waals surface area contributed by atoms with Crippen molar-refractivity contribution in [3.63, 3.8) is 0 Å². The van der Waals surface area contributed by atoms with E-state index in [1.165, 1.54) is 0 Å². The van der Waals surface area contributed by atoms with E-state index < -0.39 is 0 Å². The van der Waals surface area contributed by atoms with Gasteiger partial charge in [0.15, 0.2) is 0 Å². The number of para-hydroxylation sites is 1. The van der Waals surface area contributed by atoms with Crippen LogP contribution in [0.1, 0.15) is 28.5 Å². The molecule has 2 aromatic carbocycles. The number of rotatable bonds is 3. The molecule has 2 heterocycles. The van der Waals surface area contributed by atoms with Crippen molar-refractivity contribution < 1.29 is 9.53 Å². The van der Waals surface area contributed by atoms with Crippen molar-refractivity contribution in [1.29, 1.82) is 0 Å². The molecule has 4 rings (SSSR count). The molecule has 0 saturated heterocycles. The van der Waals surface area contributed by atoms with Gasteiger partial charge in [-0.1, -0.05) is 36.4 Å². The number of amides is 1. The molecule has 1 aromatic heterocycles. The SMILES string of the molecule is COc1ccc(C2(C)CN(C(=O)c3ccccn3)c3ccccc32)cc1. The Morgan fingerprint density at radius 1 is 1.04 bits per heavy atom. The standard InChI is InChI=1S/C22H20N2O2/c1-22(16-10-12-17(26-2)13-11-16)15-24(20-9-4-3-7-18(20)22)21(25)19-8-5-6-14-23-19/h3-14H,15H2,1-2H3. The fourth-order valence-corrected chi connectivity index (χ4v) is 3.68. The highest BCUT2D eigenvalue weighted by molar-refractivity contribution is 6.06. The van der Waals surface area contributed by atoms with Crippen LogP contribution in [0.2, 0.25) is 0 Å². The molecule has 130 valence electrons. The highest BCUT2D eigenvalue weighted by atomic mass is 16.5. The lowest BCUT2D eigenvalue weighted by molar-refractivity contribution is 0.0982. The Bertz CT molecular complexity index is 938. The van der Waals surface area contributed by atoms with Gasteiger partial charge in [-0.15, -0.1) is 0 Å². The molecule has 0 radical (unpaired) electrons. The first-order chi connectivity index (χ1) is 12.6. The molecule has 1 aliphatic rings. The third kappa shape index (κ3) is 2.54. The monoisotopic (exact) mass is 344 g/mol. The summed E-state index contributed by atoms with van der Waals surface area (Å²) in [5.74, 6) is 0.750. The molecule has 1 aliphatic heterocycles. The predicted octanol–water partition coefficient (Wildman–Crippen LogP) is 4.06. The number of ether oxygens (including phenoxy) is 1. The third-order valence-corrected chi connectivity index (χ3v) is 5.12. The molecule has 3 aromatic rings. The summed E-state index contributed by atoms with van der Waals surface area (Å²) in [6.45, 7) is 2.76. The van der Waals surface area contributed by atoms with E-state index in [-0.39, 0.29) is 11.3 Å². The van der Waals surface area contributed by atoms with Crippen LogP contribution in [0.4, 0.5) is 5.69 Å². The van der Waals surface area contributed by atoms with E-state index in [0.717, 1.165) is 22.6 Å². The lowest BCUT2D eigenvalue weighted by atomic mass is 9.78. The van der Waals surface area contributed by atoms with E-state index in [4.69, 9.17) is 4.74 Å². The smallest absolute Gasteiger partial charge is 0.276 e. The summed E-state index contributed by atoms with van der Waals surface area (Å²) in [6, 6.07) is 21.6. The minimum absolute atomic E-state index is 0.0738. The number of aromatic nitrogens is 1. The van der Waals surface area contributed by atoms with Gasteiger partial charge in [-0.3, -0.25) is 9.78 Å². The fraction of sp³-hybridized carbons (Fsp3) is 0.182. The zero-order valence-electron chi connectivity index (χ0n) is 14.8. The van der Waals surface area contributed by atoms with Crippen LogP contribution in [-0.4, -0.2) is 24.5 Å². The Kier molecular flexibility index (Phi) is 3.96. The highest BCUT2D eigenvalue weighted by Gasteiger charge is 2.42. The Morgan fingerprint density at radius 3 is 2.46 bits per heavy atom. The van der Waals surface area contributed by atoms with Gasteiger partial charge in [-0.2, -0.15) is 0 Å². The summed E-state index contributed by atoms with van der Waals surface area (Å²) in [5.41, 5.74) is 3.42. The van der Waals surface area contributed by atoms with Crippen molar-refractivity contribution in [1.82, 2.24) is 4.98 Å². The van der Waals surface area contributed by atoms with Gasteiger partial charge in [0.1, 0.15) is 11.4 Å². The average Bonchev–Trinajstić information content (AvgIpc) is 3.02. The summed E-state index contributed by atoms with van der Waals surface area (Å²) < 4.78 is 5.28. The van der Waals surface area contributed by atoms with Crippen LogP contribution in [0.25, 0.3) is 0 Å². The summed E-state index contributed by atoms with van der Waals surface area (Å²) in [7, 11) is 1.66. The quantitative estimate of drug-likeness (QED) is 0.720. The molecule has 1 unspecified atom stereocenters. The van der Waals surface area contributed by atoms with Crippen molar-refractivity contribution in [3.8, 4) is 5.75 Å². The lowest BCUT2D eigenvalue weighted by Gasteiger charge is -2.26. The number of nitrogens with zero attached hydrogens (tertiary/aromatic N) is 2. The van der Waals surface area contributed by atoms with Crippen molar-refractivity contribution in [2.24, 2.45) is 0 Å². The Balaban J connectivity index is 1.78. The first kappa shape index (κ1) is 16.3. The van der Waals surface area contributed by atoms with Gasteiger partial charge in [0.25, 0.3) is 5.91 Å². The Labute approximate surface area is 153 Å². The van der Waals surface area contributed by atoms with E-state index in [0.29, 0.717) is 12.2 Å². The predicted molar refractivity (Wildman–Crippen MR) is 102 cm³/mol. The normalized spacial score (nSPS) is 18.5. The third-order valence-electron chi connectivity index (χ3n) is 5.12. The largest absolute Gasteiger partial charge is 0.497 e. The second-order valence-corrected chi connectivity index (χ2v) is 6.68. The molecule has 26 heavy (non-hydrogen) atoms. The van der Waals surface area contributed by atoms with E-state index in [1.54, 1.807) is 19.4 Å². The molecule has 0 spiro atoms. The molecule has 0 N–H and O–H groups in total. The number of fused-ring (bicyclic) bond motifs is 1. The van der Waals surface area contributed by atoms with Crippen LogP contribution in [0.15, 0.2) is 72.9 Å². The molecule has 4 nitrogen and oxygen atoms in total. The second-order valence-electron chi connectivity index (χ2n) is 6.68. The number of carbonyl (C=O) groups excluding carboxylic acids is 1. The second kappa shape index (κ2) is 6.30. The molecular weight excluding hydrogens is 324 g/mol. The first-order valence-electron chi connectivity index (χ1n) is 8.60. The van der Waals surface area contributed by atoms with Crippen LogP contribution in [-0.2, 0) is 5.41 Å². The maximum absolute atomic E-state index is 13.1. The number of carbonyl (C=O) groups is 1. The number of anilines is 1. The lowest BCUT2D eigenvalue weighted by Crippen LogP contribution is -2.36. The minimum Gasteiger partial charge on any atom is -0.497 e. The number of hydrogen-bond donors (Lipinski definition) is 0. The van der Waals surface area contributed by atoms with Crippen LogP contribution in [0, 0.1) is 0 Å². The van der Waals surface area contributed by atoms with Crippen LogP contribution in [0.3, 0.4) is 0 Å². The topological polar surface area (TPSA) is 42.4 Å². The summed E-state index contributed by atoms with van der Waals surface area (Å²) in [6.07, 6.45) is 1.65. The van der Waals surface area contributed by atoms with Gasteiger partial charge in [0, 0.05) is 23.8 Å². The van der Waals surface area contributed by atoms with Gasteiger partial charge < -0.3 is 9.64 Å². The summed E-state index contributed by atoms with van der Waals surface area (Å²) in [5, 5.41) is 0. The molecule has 0 saturated carbocycles. The molecular formula is C22H20N2O2. The molecule has 1 atom stereocenters. The van der Waals surface area contributed by atoms with Crippen LogP contribution >= 0.6 is 0 Å². The molecule has 0 aliphatic carbocycles. The Morgan fingerprint density at radius 2 is 1.77 bits per heavy atom. The van der Waals surface area contributed by atoms with Gasteiger partial charge in [-0.25, -0.2) is 0 Å². The average molecular weight is 344 g/mol. The Hall–Kier alpha value is -3.14. The van der Waals surface area contributed by atoms with E-state index in [2.05, 4.69) is 30.1 Å². The summed E-state index contributed by atoms with van der Waals surface area (Å²) in [4.78, 5) is 19.1. The van der Waals surface area contributed by atoms with Crippen LogP contribution < -0.4 is 9.64 Å². The van der Waals surface area contributed by atoms with Gasteiger partial charge in [-0.05, 0) is 48.4 Å². The first-order valence-corrected chi connectivity index (χ1v) is 8.60. The minimum atomic E-state index is -0.284. The molecule has 1 amide bonds. The van der Waals surface area contributed by atoms with Crippen molar-refractivity contribution in [2.75, 3.05) is 18.6 Å². The maximum Gasteiger partial charge on any atom is 0.276 e. The molecule has 0 fully saturated rings. The van der Waals surface area contributed by atoms with Gasteiger partial charge in [0.05, 0.1) is 7.11 Å². The van der Waals surface area contributed by atoms with Gasteiger partial charge >= 0.3 is 0 Å².